The fourth-order valence-corrected chi connectivity index (χ4v) is 2.28. The zero-order valence-corrected chi connectivity index (χ0v) is 12.1. The predicted molar refractivity (Wildman–Crippen MR) is 82.8 cm³/mol. The van der Waals surface area contributed by atoms with Crippen molar-refractivity contribution in [1.29, 1.82) is 0 Å². The Hall–Kier alpha value is -2.01. The van der Waals surface area contributed by atoms with Crippen LogP contribution in [0.1, 0.15) is 10.4 Å². The van der Waals surface area contributed by atoms with E-state index in [1.54, 1.807) is 48.5 Å². The zero-order chi connectivity index (χ0) is 15.3. The lowest BCUT2D eigenvalue weighted by molar-refractivity contribution is 0.0487. The number of carbonyl (C=O) groups excluding carboxylic acids is 1. The molecule has 0 bridgehead atoms. The van der Waals surface area contributed by atoms with Crippen LogP contribution in [0.15, 0.2) is 65.7 Å². The first-order valence-electron chi connectivity index (χ1n) is 6.21. The molecule has 0 spiro atoms. The van der Waals surface area contributed by atoms with Crippen LogP contribution >= 0.6 is 11.8 Å². The molecule has 0 saturated carbocycles. The van der Waals surface area contributed by atoms with Gasteiger partial charge in [0.1, 0.15) is 0 Å². The van der Waals surface area contributed by atoms with Gasteiger partial charge in [-0.3, -0.25) is 4.79 Å². The summed E-state index contributed by atoms with van der Waals surface area (Å²) in [7, 11) is 0. The number of thioether (sulfide) groups is 1. The van der Waals surface area contributed by atoms with E-state index in [1.165, 1.54) is 18.4 Å². The highest BCUT2D eigenvalue weighted by atomic mass is 32.2. The van der Waals surface area contributed by atoms with Gasteiger partial charge in [0.05, 0.1) is 5.69 Å². The Kier molecular flexibility index (Phi) is 4.85. The molecule has 2 nitrogen and oxygen atoms in total. The number of carbonyl (C=O) groups is 1. The fourth-order valence-electron chi connectivity index (χ4n) is 1.73. The predicted octanol–water partition coefficient (Wildman–Crippen LogP) is 4.60. The van der Waals surface area contributed by atoms with E-state index in [-0.39, 0.29) is 5.56 Å². The normalized spacial score (nSPS) is 12.2. The third-order valence-electron chi connectivity index (χ3n) is 2.77. The van der Waals surface area contributed by atoms with Gasteiger partial charge in [0.15, 0.2) is 5.04 Å². The Morgan fingerprint density at radius 3 is 2.05 bits per heavy atom. The second-order valence-electron chi connectivity index (χ2n) is 4.23. The summed E-state index contributed by atoms with van der Waals surface area (Å²) in [6.45, 7) is 0. The summed E-state index contributed by atoms with van der Waals surface area (Å²) in [6.07, 6.45) is 1.48. The average molecular weight is 305 g/mol. The Morgan fingerprint density at radius 2 is 1.52 bits per heavy atom. The standard InChI is InChI=1S/C16H13F2NOS/c1-21-15(19-13-10-6-3-7-11-13)16(17,18)14(20)12-8-4-2-5-9-12/h2-11H,1H3. The molecule has 0 radical (unpaired) electrons. The molecule has 0 aromatic heterocycles. The summed E-state index contributed by atoms with van der Waals surface area (Å²) in [6, 6.07) is 15.9. The van der Waals surface area contributed by atoms with Crippen LogP contribution in [0.3, 0.4) is 0 Å². The average Bonchev–Trinajstić information content (AvgIpc) is 2.53. The highest BCUT2D eigenvalue weighted by Crippen LogP contribution is 2.29. The van der Waals surface area contributed by atoms with Crippen LogP contribution in [-0.4, -0.2) is 23.0 Å². The summed E-state index contributed by atoms with van der Waals surface area (Å²) in [4.78, 5) is 15.9. The molecule has 0 heterocycles. The summed E-state index contributed by atoms with van der Waals surface area (Å²) in [5, 5.41) is -0.512. The zero-order valence-electron chi connectivity index (χ0n) is 11.3. The molecule has 2 aromatic rings. The molecule has 0 unspecified atom stereocenters. The van der Waals surface area contributed by atoms with Crippen molar-refractivity contribution in [3.63, 3.8) is 0 Å². The molecule has 5 heteroatoms. The van der Waals surface area contributed by atoms with E-state index in [1.807, 2.05) is 0 Å². The lowest BCUT2D eigenvalue weighted by atomic mass is 10.1. The Balaban J connectivity index is 2.36. The van der Waals surface area contributed by atoms with E-state index in [0.717, 1.165) is 11.8 Å². The minimum absolute atomic E-state index is 0.0303. The summed E-state index contributed by atoms with van der Waals surface area (Å²) >= 11 is 0.774. The van der Waals surface area contributed by atoms with Crippen molar-refractivity contribution in [2.75, 3.05) is 6.26 Å². The van der Waals surface area contributed by atoms with E-state index in [2.05, 4.69) is 4.99 Å². The number of hydrogen-bond acceptors (Lipinski definition) is 3. The molecular weight excluding hydrogens is 292 g/mol. The maximum Gasteiger partial charge on any atom is 0.357 e. The number of Topliss-reactive ketones (excluding diaryl/α,β-unsaturated/α-hetero) is 1. The number of halogens is 2. The third-order valence-corrected chi connectivity index (χ3v) is 3.50. The van der Waals surface area contributed by atoms with Gasteiger partial charge in [-0.2, -0.15) is 8.78 Å². The van der Waals surface area contributed by atoms with Gasteiger partial charge in [-0.1, -0.05) is 48.5 Å². The second kappa shape index (κ2) is 6.63. The lowest BCUT2D eigenvalue weighted by Crippen LogP contribution is -2.36. The van der Waals surface area contributed by atoms with Crippen LogP contribution in [0.5, 0.6) is 0 Å². The maximum absolute atomic E-state index is 14.4. The van der Waals surface area contributed by atoms with Gasteiger partial charge >= 0.3 is 5.92 Å². The van der Waals surface area contributed by atoms with E-state index in [9.17, 15) is 13.6 Å². The number of rotatable bonds is 4. The van der Waals surface area contributed by atoms with Crippen LogP contribution < -0.4 is 0 Å². The van der Waals surface area contributed by atoms with Gasteiger partial charge in [-0.05, 0) is 18.4 Å². The van der Waals surface area contributed by atoms with Crippen LogP contribution in [0.2, 0.25) is 0 Å². The largest absolute Gasteiger partial charge is 0.357 e. The smallest absolute Gasteiger partial charge is 0.287 e. The molecule has 0 fully saturated rings. The monoisotopic (exact) mass is 305 g/mol. The van der Waals surface area contributed by atoms with Crippen molar-refractivity contribution in [2.24, 2.45) is 4.99 Å². The summed E-state index contributed by atoms with van der Waals surface area (Å²) in [5.74, 6) is -4.89. The topological polar surface area (TPSA) is 29.4 Å². The van der Waals surface area contributed by atoms with Crippen LogP contribution in [0.25, 0.3) is 0 Å². The molecule has 0 aliphatic heterocycles. The number of ketones is 1. The number of benzene rings is 2. The second-order valence-corrected chi connectivity index (χ2v) is 5.02. The van der Waals surface area contributed by atoms with Gasteiger partial charge in [0, 0.05) is 5.56 Å². The SMILES string of the molecule is CSC(=Nc1ccccc1)C(F)(F)C(=O)c1ccccc1. The van der Waals surface area contributed by atoms with Crippen molar-refractivity contribution < 1.29 is 13.6 Å². The molecule has 0 aliphatic rings. The highest BCUT2D eigenvalue weighted by molar-refractivity contribution is 8.13. The molecule has 0 N–H and O–H groups in total. The van der Waals surface area contributed by atoms with Gasteiger partial charge in [-0.25, -0.2) is 4.99 Å². The van der Waals surface area contributed by atoms with Crippen molar-refractivity contribution >= 4 is 28.3 Å². The molecule has 2 rings (SSSR count). The quantitative estimate of drug-likeness (QED) is 0.469. The van der Waals surface area contributed by atoms with E-state index in [4.69, 9.17) is 0 Å². The molecule has 0 amide bonds. The molecular formula is C16H13F2NOS. The molecule has 0 aliphatic carbocycles. The van der Waals surface area contributed by atoms with Crippen molar-refractivity contribution in [1.82, 2.24) is 0 Å². The highest BCUT2D eigenvalue weighted by Gasteiger charge is 2.44. The van der Waals surface area contributed by atoms with E-state index >= 15 is 0 Å². The molecule has 21 heavy (non-hydrogen) atoms. The van der Waals surface area contributed by atoms with Crippen molar-refractivity contribution in [2.45, 2.75) is 5.92 Å². The third kappa shape index (κ3) is 3.55. The Bertz CT molecular complexity index is 642. The van der Waals surface area contributed by atoms with Crippen LogP contribution in [0, 0.1) is 0 Å². The number of para-hydroxylation sites is 1. The minimum Gasteiger partial charge on any atom is -0.287 e. The van der Waals surface area contributed by atoms with Gasteiger partial charge in [-0.15, -0.1) is 11.8 Å². The number of alkyl halides is 2. The first kappa shape index (κ1) is 15.4. The Labute approximate surface area is 125 Å². The number of aliphatic imine (C=N–C) groups is 1. The number of nitrogens with zero attached hydrogens (tertiary/aromatic N) is 1. The first-order chi connectivity index (χ1) is 10.1. The molecule has 2 aromatic carbocycles. The fraction of sp³-hybridized carbons (Fsp3) is 0.125. The van der Waals surface area contributed by atoms with E-state index < -0.39 is 16.7 Å². The molecule has 108 valence electrons. The van der Waals surface area contributed by atoms with Gasteiger partial charge in [0.25, 0.3) is 0 Å². The van der Waals surface area contributed by atoms with E-state index in [0.29, 0.717) is 5.69 Å². The van der Waals surface area contributed by atoms with Crippen molar-refractivity contribution in [3.8, 4) is 0 Å². The minimum atomic E-state index is -3.64. The summed E-state index contributed by atoms with van der Waals surface area (Å²) in [5.41, 5.74) is 0.361. The number of hydrogen-bond donors (Lipinski definition) is 0. The lowest BCUT2D eigenvalue weighted by Gasteiger charge is -2.16. The molecule has 0 atom stereocenters. The maximum atomic E-state index is 14.4. The van der Waals surface area contributed by atoms with Crippen molar-refractivity contribution in [3.05, 3.63) is 66.2 Å². The van der Waals surface area contributed by atoms with Crippen LogP contribution in [-0.2, 0) is 0 Å². The van der Waals surface area contributed by atoms with Gasteiger partial charge in [0.2, 0.25) is 5.78 Å². The molecule has 0 saturated heterocycles. The Morgan fingerprint density at radius 1 is 1.00 bits per heavy atom. The van der Waals surface area contributed by atoms with Gasteiger partial charge < -0.3 is 0 Å². The summed E-state index contributed by atoms with van der Waals surface area (Å²) < 4.78 is 28.7. The first-order valence-corrected chi connectivity index (χ1v) is 7.44. The van der Waals surface area contributed by atoms with Crippen LogP contribution in [0.4, 0.5) is 14.5 Å².